The predicted octanol–water partition coefficient (Wildman–Crippen LogP) is 2.54. The molecule has 0 saturated carbocycles. The van der Waals surface area contributed by atoms with Crippen LogP contribution in [0.1, 0.15) is 51.0 Å². The van der Waals surface area contributed by atoms with Gasteiger partial charge in [0, 0.05) is 37.9 Å². The van der Waals surface area contributed by atoms with Gasteiger partial charge in [0.1, 0.15) is 0 Å². The minimum atomic E-state index is 0.488. The van der Waals surface area contributed by atoms with Gasteiger partial charge in [-0.15, -0.1) is 0 Å². The Morgan fingerprint density at radius 2 is 2.05 bits per heavy atom. The molecule has 0 spiro atoms. The van der Waals surface area contributed by atoms with E-state index >= 15 is 0 Å². The lowest BCUT2D eigenvalue weighted by atomic mass is 10.1. The third-order valence-electron chi connectivity index (χ3n) is 3.73. The van der Waals surface area contributed by atoms with E-state index in [0.29, 0.717) is 6.04 Å². The molecule has 0 aliphatic carbocycles. The highest BCUT2D eigenvalue weighted by Crippen LogP contribution is 2.12. The molecule has 0 fully saturated rings. The summed E-state index contributed by atoms with van der Waals surface area (Å²) >= 11 is 0. The number of hydrogen-bond donors (Lipinski definition) is 1. The molecule has 1 aromatic rings. The van der Waals surface area contributed by atoms with Crippen molar-refractivity contribution >= 4 is 0 Å². The number of nitrogens with two attached hydrogens (primary N) is 1. The molecule has 4 heteroatoms. The Bertz CT molecular complexity index is 335. The van der Waals surface area contributed by atoms with Crippen molar-refractivity contribution in [3.05, 3.63) is 18.0 Å². The van der Waals surface area contributed by atoms with Crippen molar-refractivity contribution in [1.82, 2.24) is 14.7 Å². The highest BCUT2D eigenvalue weighted by atomic mass is 15.2. The van der Waals surface area contributed by atoms with Crippen LogP contribution in [0.15, 0.2) is 12.4 Å². The van der Waals surface area contributed by atoms with E-state index in [1.807, 2.05) is 17.9 Å². The van der Waals surface area contributed by atoms with Gasteiger partial charge < -0.3 is 5.73 Å². The van der Waals surface area contributed by atoms with Crippen molar-refractivity contribution in [1.29, 1.82) is 0 Å². The average Bonchev–Trinajstić information content (AvgIpc) is 2.79. The number of unbranched alkanes of at least 4 members (excludes halogenated alkanes) is 4. The van der Waals surface area contributed by atoms with Crippen LogP contribution < -0.4 is 5.73 Å². The van der Waals surface area contributed by atoms with Gasteiger partial charge in [-0.25, -0.2) is 0 Å². The summed E-state index contributed by atoms with van der Waals surface area (Å²) in [5.74, 6) is 0. The lowest BCUT2D eigenvalue weighted by molar-refractivity contribution is 0.222. The van der Waals surface area contributed by atoms with E-state index in [1.54, 1.807) is 0 Å². The largest absolute Gasteiger partial charge is 0.329 e. The molecule has 0 saturated heterocycles. The van der Waals surface area contributed by atoms with Gasteiger partial charge in [-0.2, -0.15) is 5.10 Å². The van der Waals surface area contributed by atoms with Crippen molar-refractivity contribution < 1.29 is 0 Å². The second-order valence-electron chi connectivity index (χ2n) is 5.53. The number of aryl methyl sites for hydroxylation is 1. The van der Waals surface area contributed by atoms with E-state index in [1.165, 1.54) is 44.1 Å². The van der Waals surface area contributed by atoms with Gasteiger partial charge in [-0.05, 0) is 13.5 Å². The van der Waals surface area contributed by atoms with Gasteiger partial charge >= 0.3 is 0 Å². The molecule has 0 aliphatic heterocycles. The summed E-state index contributed by atoms with van der Waals surface area (Å²) in [6.45, 7) is 3.93. The first-order chi connectivity index (χ1) is 9.17. The fraction of sp³-hybridized carbons (Fsp3) is 0.800. The van der Waals surface area contributed by atoms with E-state index in [4.69, 9.17) is 5.73 Å². The topological polar surface area (TPSA) is 47.1 Å². The number of hydrogen-bond acceptors (Lipinski definition) is 3. The minimum absolute atomic E-state index is 0.488. The normalized spacial score (nSPS) is 13.1. The lowest BCUT2D eigenvalue weighted by Gasteiger charge is -2.26. The van der Waals surface area contributed by atoms with Crippen molar-refractivity contribution in [3.8, 4) is 0 Å². The van der Waals surface area contributed by atoms with E-state index in [2.05, 4.69) is 30.2 Å². The predicted molar refractivity (Wildman–Crippen MR) is 80.9 cm³/mol. The summed E-state index contributed by atoms with van der Waals surface area (Å²) in [6, 6.07) is 0.488. The summed E-state index contributed by atoms with van der Waals surface area (Å²) < 4.78 is 1.85. The number of aromatic nitrogens is 2. The first-order valence-electron chi connectivity index (χ1n) is 7.55. The molecule has 19 heavy (non-hydrogen) atoms. The summed E-state index contributed by atoms with van der Waals surface area (Å²) in [5.41, 5.74) is 7.17. The van der Waals surface area contributed by atoms with Crippen molar-refractivity contribution in [2.75, 3.05) is 13.6 Å². The highest BCUT2D eigenvalue weighted by Gasteiger charge is 2.13. The Hall–Kier alpha value is -0.870. The Labute approximate surface area is 118 Å². The molecule has 2 N–H and O–H groups in total. The maximum Gasteiger partial charge on any atom is 0.0534 e. The van der Waals surface area contributed by atoms with Crippen molar-refractivity contribution in [2.45, 2.75) is 58.0 Å². The molecule has 0 amide bonds. The third-order valence-corrected chi connectivity index (χ3v) is 3.73. The molecule has 0 aliphatic rings. The monoisotopic (exact) mass is 266 g/mol. The van der Waals surface area contributed by atoms with Gasteiger partial charge in [-0.3, -0.25) is 9.58 Å². The fourth-order valence-electron chi connectivity index (χ4n) is 2.47. The van der Waals surface area contributed by atoms with Gasteiger partial charge in [0.25, 0.3) is 0 Å². The molecule has 1 unspecified atom stereocenters. The van der Waals surface area contributed by atoms with Crippen LogP contribution in [0.2, 0.25) is 0 Å². The van der Waals surface area contributed by atoms with Crippen LogP contribution >= 0.6 is 0 Å². The zero-order valence-corrected chi connectivity index (χ0v) is 12.8. The molecule has 1 aromatic heterocycles. The number of rotatable bonds is 10. The van der Waals surface area contributed by atoms with Crippen LogP contribution in [0, 0.1) is 0 Å². The van der Waals surface area contributed by atoms with E-state index in [-0.39, 0.29) is 0 Å². The second-order valence-corrected chi connectivity index (χ2v) is 5.53. The molecule has 1 heterocycles. The van der Waals surface area contributed by atoms with Crippen LogP contribution in [0.3, 0.4) is 0 Å². The summed E-state index contributed by atoms with van der Waals surface area (Å²) in [7, 11) is 4.12. The molecule has 110 valence electrons. The van der Waals surface area contributed by atoms with Crippen LogP contribution in [0.4, 0.5) is 0 Å². The van der Waals surface area contributed by atoms with Crippen LogP contribution in [-0.2, 0) is 13.6 Å². The molecule has 1 atom stereocenters. The van der Waals surface area contributed by atoms with E-state index in [0.717, 1.165) is 13.1 Å². The summed E-state index contributed by atoms with van der Waals surface area (Å²) in [5, 5.41) is 4.21. The summed E-state index contributed by atoms with van der Waals surface area (Å²) in [6.07, 6.45) is 11.9. The maximum atomic E-state index is 5.91. The fourth-order valence-corrected chi connectivity index (χ4v) is 2.47. The molecular formula is C15H30N4. The maximum absolute atomic E-state index is 5.91. The SMILES string of the molecule is CCCCCCCC(CN)N(C)Cc1cnn(C)c1. The smallest absolute Gasteiger partial charge is 0.0534 e. The molecule has 1 rings (SSSR count). The average molecular weight is 266 g/mol. The first kappa shape index (κ1) is 16.2. The van der Waals surface area contributed by atoms with Gasteiger partial charge in [-0.1, -0.05) is 39.0 Å². The third kappa shape index (κ3) is 6.21. The van der Waals surface area contributed by atoms with Crippen LogP contribution in [-0.4, -0.2) is 34.3 Å². The Morgan fingerprint density at radius 1 is 1.32 bits per heavy atom. The zero-order chi connectivity index (χ0) is 14.1. The Kier molecular flexibility index (Phi) is 7.75. The van der Waals surface area contributed by atoms with Gasteiger partial charge in [0.15, 0.2) is 0 Å². The molecule has 0 bridgehead atoms. The van der Waals surface area contributed by atoms with Crippen molar-refractivity contribution in [2.24, 2.45) is 12.8 Å². The molecular weight excluding hydrogens is 236 g/mol. The van der Waals surface area contributed by atoms with E-state index < -0.39 is 0 Å². The van der Waals surface area contributed by atoms with E-state index in [9.17, 15) is 0 Å². The summed E-state index contributed by atoms with van der Waals surface area (Å²) in [4.78, 5) is 2.36. The van der Waals surface area contributed by atoms with Crippen LogP contribution in [0.25, 0.3) is 0 Å². The lowest BCUT2D eigenvalue weighted by Crippen LogP contribution is -2.37. The second kappa shape index (κ2) is 9.10. The number of nitrogens with zero attached hydrogens (tertiary/aromatic N) is 3. The molecule has 0 aromatic carbocycles. The highest BCUT2D eigenvalue weighted by molar-refractivity contribution is 5.03. The quantitative estimate of drug-likeness (QED) is 0.662. The first-order valence-corrected chi connectivity index (χ1v) is 7.55. The standard InChI is InChI=1S/C15H30N4/c1-4-5-6-7-8-9-15(10-16)18(2)12-14-11-17-19(3)13-14/h11,13,15H,4-10,12,16H2,1-3H3. The zero-order valence-electron chi connectivity index (χ0n) is 12.8. The minimum Gasteiger partial charge on any atom is -0.329 e. The van der Waals surface area contributed by atoms with Gasteiger partial charge in [0.2, 0.25) is 0 Å². The number of likely N-dealkylation sites (N-methyl/N-ethyl adjacent to an activating group) is 1. The Morgan fingerprint density at radius 3 is 2.63 bits per heavy atom. The Balaban J connectivity index is 2.28. The van der Waals surface area contributed by atoms with Crippen molar-refractivity contribution in [3.63, 3.8) is 0 Å². The van der Waals surface area contributed by atoms with Gasteiger partial charge in [0.05, 0.1) is 6.20 Å². The molecule has 0 radical (unpaired) electrons. The van der Waals surface area contributed by atoms with Crippen LogP contribution in [0.5, 0.6) is 0 Å². The molecule has 4 nitrogen and oxygen atoms in total.